The third-order valence-corrected chi connectivity index (χ3v) is 3.92. The van der Waals surface area contributed by atoms with E-state index in [1.807, 2.05) is 11.3 Å². The zero-order valence-electron chi connectivity index (χ0n) is 11.8. The van der Waals surface area contributed by atoms with Gasteiger partial charge in [0.2, 0.25) is 0 Å². The van der Waals surface area contributed by atoms with Crippen LogP contribution >= 0.6 is 11.3 Å². The first-order chi connectivity index (χ1) is 7.97. The van der Waals surface area contributed by atoms with E-state index in [1.54, 1.807) is 0 Å². The zero-order chi connectivity index (χ0) is 12.9. The van der Waals surface area contributed by atoms with Gasteiger partial charge in [0.05, 0.1) is 10.7 Å². The number of nitrogens with zero attached hydrogens (tertiary/aromatic N) is 1. The molecule has 1 N–H and O–H groups in total. The molecule has 1 aromatic rings. The second kappa shape index (κ2) is 6.50. The molecule has 0 spiro atoms. The SMILES string of the molecule is CCNC(CC)CCc1nc(C(C)(C)C)cs1. The Morgan fingerprint density at radius 1 is 1.35 bits per heavy atom. The van der Waals surface area contributed by atoms with Crippen molar-refractivity contribution >= 4 is 11.3 Å². The summed E-state index contributed by atoms with van der Waals surface area (Å²) in [6.45, 7) is 12.1. The van der Waals surface area contributed by atoms with E-state index in [4.69, 9.17) is 4.98 Å². The van der Waals surface area contributed by atoms with Crippen LogP contribution in [0.4, 0.5) is 0 Å². The second-order valence-electron chi connectivity index (χ2n) is 5.58. The Morgan fingerprint density at radius 3 is 2.53 bits per heavy atom. The molecule has 2 nitrogen and oxygen atoms in total. The van der Waals surface area contributed by atoms with Crippen molar-refractivity contribution in [3.8, 4) is 0 Å². The van der Waals surface area contributed by atoms with Gasteiger partial charge in [-0.1, -0.05) is 34.6 Å². The molecule has 1 rings (SSSR count). The van der Waals surface area contributed by atoms with Crippen molar-refractivity contribution in [3.63, 3.8) is 0 Å². The van der Waals surface area contributed by atoms with Gasteiger partial charge >= 0.3 is 0 Å². The molecule has 0 radical (unpaired) electrons. The molecular weight excluding hydrogens is 228 g/mol. The molecule has 0 fully saturated rings. The fraction of sp³-hybridized carbons (Fsp3) is 0.786. The minimum Gasteiger partial charge on any atom is -0.314 e. The van der Waals surface area contributed by atoms with Gasteiger partial charge < -0.3 is 5.32 Å². The molecule has 0 aliphatic rings. The summed E-state index contributed by atoms with van der Waals surface area (Å²) in [4.78, 5) is 4.74. The summed E-state index contributed by atoms with van der Waals surface area (Å²) in [5.74, 6) is 0. The maximum Gasteiger partial charge on any atom is 0.0929 e. The number of hydrogen-bond acceptors (Lipinski definition) is 3. The van der Waals surface area contributed by atoms with Crippen LogP contribution in [0.3, 0.4) is 0 Å². The molecule has 0 aliphatic heterocycles. The van der Waals surface area contributed by atoms with Gasteiger partial charge in [-0.15, -0.1) is 11.3 Å². The average Bonchev–Trinajstić information content (AvgIpc) is 2.72. The fourth-order valence-electron chi connectivity index (χ4n) is 1.81. The van der Waals surface area contributed by atoms with Gasteiger partial charge in [-0.25, -0.2) is 4.98 Å². The molecular formula is C14H26N2S. The highest BCUT2D eigenvalue weighted by Gasteiger charge is 2.17. The fourth-order valence-corrected chi connectivity index (χ4v) is 2.85. The summed E-state index contributed by atoms with van der Waals surface area (Å²) in [7, 11) is 0. The lowest BCUT2D eigenvalue weighted by Gasteiger charge is -2.15. The van der Waals surface area contributed by atoms with E-state index in [-0.39, 0.29) is 5.41 Å². The Balaban J connectivity index is 2.49. The van der Waals surface area contributed by atoms with Gasteiger partial charge in [0.25, 0.3) is 0 Å². The van der Waals surface area contributed by atoms with Crippen LogP contribution in [0, 0.1) is 0 Å². The molecule has 0 saturated heterocycles. The Bertz CT molecular complexity index is 325. The van der Waals surface area contributed by atoms with Crippen LogP contribution in [-0.4, -0.2) is 17.6 Å². The normalized spacial score (nSPS) is 13.9. The number of nitrogens with one attached hydrogen (secondary N) is 1. The van der Waals surface area contributed by atoms with Crippen molar-refractivity contribution in [3.05, 3.63) is 16.1 Å². The number of thiazole rings is 1. The highest BCUT2D eigenvalue weighted by atomic mass is 32.1. The predicted molar refractivity (Wildman–Crippen MR) is 76.9 cm³/mol. The summed E-state index contributed by atoms with van der Waals surface area (Å²) in [6.07, 6.45) is 3.50. The minimum absolute atomic E-state index is 0.181. The molecule has 17 heavy (non-hydrogen) atoms. The summed E-state index contributed by atoms with van der Waals surface area (Å²) in [6, 6.07) is 0.641. The number of hydrogen-bond donors (Lipinski definition) is 1. The molecule has 0 aliphatic carbocycles. The quantitative estimate of drug-likeness (QED) is 0.836. The molecule has 98 valence electrons. The van der Waals surface area contributed by atoms with E-state index in [0.717, 1.165) is 13.0 Å². The van der Waals surface area contributed by atoms with Crippen molar-refractivity contribution in [2.45, 2.75) is 65.3 Å². The molecule has 0 aromatic carbocycles. The predicted octanol–water partition coefficient (Wildman–Crippen LogP) is 3.76. The topological polar surface area (TPSA) is 24.9 Å². The smallest absolute Gasteiger partial charge is 0.0929 e. The summed E-state index contributed by atoms with van der Waals surface area (Å²) >= 11 is 1.81. The monoisotopic (exact) mass is 254 g/mol. The number of rotatable bonds is 6. The Labute approximate surface area is 110 Å². The molecule has 1 unspecified atom stereocenters. The van der Waals surface area contributed by atoms with Crippen molar-refractivity contribution in [2.24, 2.45) is 0 Å². The zero-order valence-corrected chi connectivity index (χ0v) is 12.7. The largest absolute Gasteiger partial charge is 0.314 e. The maximum absolute atomic E-state index is 4.74. The van der Waals surface area contributed by atoms with E-state index in [0.29, 0.717) is 6.04 Å². The van der Waals surface area contributed by atoms with Crippen LogP contribution in [0.2, 0.25) is 0 Å². The Kier molecular flexibility index (Phi) is 5.60. The summed E-state index contributed by atoms with van der Waals surface area (Å²) in [5, 5.41) is 7.01. The van der Waals surface area contributed by atoms with Crippen LogP contribution in [-0.2, 0) is 11.8 Å². The average molecular weight is 254 g/mol. The first kappa shape index (κ1) is 14.7. The molecule has 3 heteroatoms. The van der Waals surface area contributed by atoms with Gasteiger partial charge in [-0.3, -0.25) is 0 Å². The number of aryl methyl sites for hydroxylation is 1. The Morgan fingerprint density at radius 2 is 2.06 bits per heavy atom. The maximum atomic E-state index is 4.74. The van der Waals surface area contributed by atoms with E-state index in [1.165, 1.54) is 23.5 Å². The van der Waals surface area contributed by atoms with Crippen LogP contribution in [0.25, 0.3) is 0 Å². The molecule has 0 amide bonds. The van der Waals surface area contributed by atoms with E-state index in [9.17, 15) is 0 Å². The summed E-state index contributed by atoms with van der Waals surface area (Å²) < 4.78 is 0. The first-order valence-corrected chi connectivity index (χ1v) is 7.53. The third kappa shape index (κ3) is 4.76. The van der Waals surface area contributed by atoms with Gasteiger partial charge in [-0.2, -0.15) is 0 Å². The van der Waals surface area contributed by atoms with Crippen LogP contribution < -0.4 is 5.32 Å². The molecule has 1 aromatic heterocycles. The lowest BCUT2D eigenvalue weighted by Crippen LogP contribution is -2.28. The van der Waals surface area contributed by atoms with Crippen LogP contribution in [0.1, 0.15) is 58.2 Å². The number of aromatic nitrogens is 1. The standard InChI is InChI=1S/C14H26N2S/c1-6-11(15-7-2)8-9-13-16-12(10-17-13)14(3,4)5/h10-11,15H,6-9H2,1-5H3. The second-order valence-corrected chi connectivity index (χ2v) is 6.52. The molecule has 0 saturated carbocycles. The van der Waals surface area contributed by atoms with E-state index in [2.05, 4.69) is 45.3 Å². The lowest BCUT2D eigenvalue weighted by atomic mass is 9.93. The minimum atomic E-state index is 0.181. The summed E-state index contributed by atoms with van der Waals surface area (Å²) in [5.41, 5.74) is 1.41. The van der Waals surface area contributed by atoms with Crippen molar-refractivity contribution < 1.29 is 0 Å². The lowest BCUT2D eigenvalue weighted by molar-refractivity contribution is 0.479. The van der Waals surface area contributed by atoms with Gasteiger partial charge in [0, 0.05) is 23.3 Å². The molecule has 1 atom stereocenters. The van der Waals surface area contributed by atoms with Crippen molar-refractivity contribution in [1.29, 1.82) is 0 Å². The molecule has 0 bridgehead atoms. The van der Waals surface area contributed by atoms with Gasteiger partial charge in [0.1, 0.15) is 0 Å². The van der Waals surface area contributed by atoms with E-state index < -0.39 is 0 Å². The Hall–Kier alpha value is -0.410. The highest BCUT2D eigenvalue weighted by Crippen LogP contribution is 2.24. The van der Waals surface area contributed by atoms with Gasteiger partial charge in [0.15, 0.2) is 0 Å². The first-order valence-electron chi connectivity index (χ1n) is 6.65. The highest BCUT2D eigenvalue weighted by molar-refractivity contribution is 7.09. The van der Waals surface area contributed by atoms with Crippen LogP contribution in [0.15, 0.2) is 5.38 Å². The van der Waals surface area contributed by atoms with Crippen molar-refractivity contribution in [1.82, 2.24) is 10.3 Å². The van der Waals surface area contributed by atoms with Gasteiger partial charge in [-0.05, 0) is 19.4 Å². The van der Waals surface area contributed by atoms with Crippen LogP contribution in [0.5, 0.6) is 0 Å². The van der Waals surface area contributed by atoms with Crippen molar-refractivity contribution in [2.75, 3.05) is 6.54 Å². The van der Waals surface area contributed by atoms with E-state index >= 15 is 0 Å². The third-order valence-electron chi connectivity index (χ3n) is 3.01. The molecule has 1 heterocycles.